The van der Waals surface area contributed by atoms with Gasteiger partial charge in [0.2, 0.25) is 0 Å². The number of allylic oxidation sites excluding steroid dienone is 7. The van der Waals surface area contributed by atoms with Gasteiger partial charge >= 0.3 is 0 Å². The molecule has 0 nitrogen and oxygen atoms in total. The molecule has 0 N–H and O–H groups in total. The topological polar surface area (TPSA) is 0 Å². The van der Waals surface area contributed by atoms with Gasteiger partial charge in [0.15, 0.2) is 0 Å². The second-order valence-corrected chi connectivity index (χ2v) is 8.72. The maximum absolute atomic E-state index is 3.86. The van der Waals surface area contributed by atoms with Crippen LogP contribution in [0, 0.1) is 26.7 Å². The third kappa shape index (κ3) is 8.34. The van der Waals surface area contributed by atoms with Crippen molar-refractivity contribution in [1.29, 1.82) is 0 Å². The fourth-order valence-electron chi connectivity index (χ4n) is 3.48. The van der Waals surface area contributed by atoms with Crippen molar-refractivity contribution in [3.8, 4) is 0 Å². The fraction of sp³-hybridized carbons (Fsp3) is 0.467. The van der Waals surface area contributed by atoms with E-state index in [2.05, 4.69) is 66.5 Å². The van der Waals surface area contributed by atoms with Crippen LogP contribution in [0.4, 0.5) is 0 Å². The Morgan fingerprint density at radius 3 is 1.93 bits per heavy atom. The third-order valence-electron chi connectivity index (χ3n) is 5.94. The highest BCUT2D eigenvalue weighted by Gasteiger charge is 2.19. The van der Waals surface area contributed by atoms with E-state index >= 15 is 0 Å². The zero-order chi connectivity index (χ0) is 23.6. The first-order valence-electron chi connectivity index (χ1n) is 11.4. The van der Waals surface area contributed by atoms with Gasteiger partial charge in [-0.1, -0.05) is 75.4 Å². The first-order chi connectivity index (χ1) is 14.0. The van der Waals surface area contributed by atoms with E-state index in [1.54, 1.807) is 11.1 Å². The Balaban J connectivity index is 0.000000565. The van der Waals surface area contributed by atoms with E-state index in [1.165, 1.54) is 41.5 Å². The highest BCUT2D eigenvalue weighted by Crippen LogP contribution is 2.38. The minimum absolute atomic E-state index is 0.841. The van der Waals surface area contributed by atoms with Gasteiger partial charge in [-0.25, -0.2) is 0 Å². The SMILES string of the molecule is C=C(C)C(=C)/C=C(\C)C(=C)C.CC.CC1=C(c2c(C)ccc(C)c2C)CC(C)CC1. The van der Waals surface area contributed by atoms with Crippen LogP contribution in [0.3, 0.4) is 0 Å². The van der Waals surface area contributed by atoms with E-state index < -0.39 is 0 Å². The Morgan fingerprint density at radius 2 is 1.43 bits per heavy atom. The van der Waals surface area contributed by atoms with Crippen molar-refractivity contribution >= 4 is 5.57 Å². The minimum atomic E-state index is 0.841. The van der Waals surface area contributed by atoms with E-state index in [9.17, 15) is 0 Å². The van der Waals surface area contributed by atoms with Crippen LogP contribution in [0.1, 0.15) is 90.0 Å². The van der Waals surface area contributed by atoms with Gasteiger partial charge < -0.3 is 0 Å². The molecule has 0 heteroatoms. The average molecular weight is 407 g/mol. The van der Waals surface area contributed by atoms with E-state index in [0.29, 0.717) is 0 Å². The Morgan fingerprint density at radius 1 is 0.900 bits per heavy atom. The largest absolute Gasteiger partial charge is 0.0958 e. The van der Waals surface area contributed by atoms with Crippen molar-refractivity contribution in [1.82, 2.24) is 0 Å². The van der Waals surface area contributed by atoms with Crippen molar-refractivity contribution in [3.63, 3.8) is 0 Å². The molecule has 0 heterocycles. The van der Waals surface area contributed by atoms with E-state index in [4.69, 9.17) is 0 Å². The maximum atomic E-state index is 3.86. The predicted octanol–water partition coefficient (Wildman–Crippen LogP) is 9.87. The highest BCUT2D eigenvalue weighted by atomic mass is 14.2. The minimum Gasteiger partial charge on any atom is -0.0958 e. The number of hydrogen-bond acceptors (Lipinski definition) is 0. The summed E-state index contributed by atoms with van der Waals surface area (Å²) in [5.41, 5.74) is 13.3. The number of hydrogen-bond donors (Lipinski definition) is 0. The summed E-state index contributed by atoms with van der Waals surface area (Å²) in [5.74, 6) is 0.841. The molecule has 0 spiro atoms. The van der Waals surface area contributed by atoms with Gasteiger partial charge in [-0.2, -0.15) is 0 Å². The third-order valence-corrected chi connectivity index (χ3v) is 5.94. The molecule has 0 fully saturated rings. The van der Waals surface area contributed by atoms with Crippen LogP contribution in [0.25, 0.3) is 5.57 Å². The van der Waals surface area contributed by atoms with Crippen LogP contribution >= 0.6 is 0 Å². The molecule has 30 heavy (non-hydrogen) atoms. The zero-order valence-electron chi connectivity index (χ0n) is 21.6. The second kappa shape index (κ2) is 13.3. The lowest BCUT2D eigenvalue weighted by Crippen LogP contribution is -2.08. The number of benzene rings is 1. The molecule has 1 aliphatic carbocycles. The summed E-state index contributed by atoms with van der Waals surface area (Å²) < 4.78 is 0. The molecule has 1 aromatic carbocycles. The van der Waals surface area contributed by atoms with Crippen LogP contribution in [0.15, 0.2) is 65.8 Å². The predicted molar refractivity (Wildman–Crippen MR) is 140 cm³/mol. The molecule has 1 unspecified atom stereocenters. The molecule has 0 aliphatic heterocycles. The molecular weight excluding hydrogens is 360 g/mol. The lowest BCUT2D eigenvalue weighted by atomic mass is 9.79. The maximum Gasteiger partial charge on any atom is -0.0164 e. The molecule has 0 amide bonds. The standard InChI is InChI=1S/C17H24.C11H16.C2H6/c1-11-6-7-13(3)16(10-11)17-14(4)9-8-12(2)15(17)5;1-8(2)10(5)7-11(6)9(3)4;1-2/h8-9,11H,6-7,10H2,1-5H3;7H,1,3,5H2,2,4,6H3;1-2H3/b;11-7+;. The lowest BCUT2D eigenvalue weighted by Gasteiger charge is -2.26. The van der Waals surface area contributed by atoms with Gasteiger partial charge in [0.25, 0.3) is 0 Å². The van der Waals surface area contributed by atoms with E-state index in [-0.39, 0.29) is 0 Å². The molecule has 2 rings (SSSR count). The summed E-state index contributed by atoms with van der Waals surface area (Å²) in [6, 6.07) is 4.52. The monoisotopic (exact) mass is 406 g/mol. The quantitative estimate of drug-likeness (QED) is 0.436. The molecular formula is C30H46. The van der Waals surface area contributed by atoms with Crippen molar-refractivity contribution in [2.75, 3.05) is 0 Å². The molecule has 0 bridgehead atoms. The molecule has 0 saturated carbocycles. The molecule has 0 radical (unpaired) electrons. The first-order valence-corrected chi connectivity index (χ1v) is 11.4. The van der Waals surface area contributed by atoms with Gasteiger partial charge in [-0.15, -0.1) is 0 Å². The normalized spacial score (nSPS) is 16.1. The number of rotatable bonds is 4. The van der Waals surface area contributed by atoms with Crippen molar-refractivity contribution in [2.24, 2.45) is 5.92 Å². The Hall–Kier alpha value is -2.08. The van der Waals surface area contributed by atoms with Crippen molar-refractivity contribution < 1.29 is 0 Å². The van der Waals surface area contributed by atoms with Gasteiger partial charge in [0, 0.05) is 0 Å². The molecule has 1 aliphatic rings. The van der Waals surface area contributed by atoms with Crippen LogP contribution in [-0.2, 0) is 0 Å². The Kier molecular flexibility index (Phi) is 12.3. The van der Waals surface area contributed by atoms with Gasteiger partial charge in [0.05, 0.1) is 0 Å². The number of aryl methyl sites for hydroxylation is 2. The molecule has 0 saturated heterocycles. The lowest BCUT2D eigenvalue weighted by molar-refractivity contribution is 0.524. The van der Waals surface area contributed by atoms with Crippen LogP contribution in [-0.4, -0.2) is 0 Å². The highest BCUT2D eigenvalue weighted by molar-refractivity contribution is 5.74. The summed E-state index contributed by atoms with van der Waals surface area (Å²) in [6.07, 6.45) is 5.91. The summed E-state index contributed by atoms with van der Waals surface area (Å²) in [4.78, 5) is 0. The Bertz CT molecular complexity index is 824. The molecule has 1 atom stereocenters. The summed E-state index contributed by atoms with van der Waals surface area (Å²) in [6.45, 7) is 32.9. The van der Waals surface area contributed by atoms with Gasteiger partial charge in [0.1, 0.15) is 0 Å². The molecule has 166 valence electrons. The molecule has 0 aromatic heterocycles. The smallest absolute Gasteiger partial charge is 0.0164 e. The average Bonchev–Trinajstić information content (AvgIpc) is 2.69. The summed E-state index contributed by atoms with van der Waals surface area (Å²) in [5, 5.41) is 0. The van der Waals surface area contributed by atoms with Crippen molar-refractivity contribution in [3.05, 3.63) is 88.1 Å². The van der Waals surface area contributed by atoms with Gasteiger partial charge in [-0.05, 0) is 113 Å². The van der Waals surface area contributed by atoms with E-state index in [0.717, 1.165) is 28.2 Å². The van der Waals surface area contributed by atoms with Crippen molar-refractivity contribution in [2.45, 2.75) is 88.5 Å². The second-order valence-electron chi connectivity index (χ2n) is 8.72. The van der Waals surface area contributed by atoms with E-state index in [1.807, 2.05) is 40.7 Å². The summed E-state index contributed by atoms with van der Waals surface area (Å²) >= 11 is 0. The summed E-state index contributed by atoms with van der Waals surface area (Å²) in [7, 11) is 0. The Labute approximate surface area is 188 Å². The zero-order valence-corrected chi connectivity index (χ0v) is 21.6. The van der Waals surface area contributed by atoms with Crippen LogP contribution < -0.4 is 0 Å². The van der Waals surface area contributed by atoms with Crippen LogP contribution in [0.5, 0.6) is 0 Å². The van der Waals surface area contributed by atoms with Crippen LogP contribution in [0.2, 0.25) is 0 Å². The first kappa shape index (κ1) is 27.9. The fourth-order valence-corrected chi connectivity index (χ4v) is 3.48. The molecule has 1 aromatic rings. The van der Waals surface area contributed by atoms with Gasteiger partial charge in [-0.3, -0.25) is 0 Å².